The number of nitrogens with one attached hydrogen (secondary N) is 1. The van der Waals surface area contributed by atoms with Crippen molar-refractivity contribution in [2.45, 2.75) is 6.54 Å². The molecule has 0 atom stereocenters. The van der Waals surface area contributed by atoms with Gasteiger partial charge in [-0.2, -0.15) is 5.26 Å². The minimum Gasteiger partial charge on any atom is -0.381 e. The van der Waals surface area contributed by atoms with Gasteiger partial charge in [0.25, 0.3) is 0 Å². The Kier molecular flexibility index (Phi) is 3.48. The predicted octanol–water partition coefficient (Wildman–Crippen LogP) is 3.86. The molecule has 0 radical (unpaired) electrons. The molecule has 0 aliphatic carbocycles. The number of nitrogens with zero attached hydrogens (tertiary/aromatic N) is 2. The zero-order valence-corrected chi connectivity index (χ0v) is 11.2. The van der Waals surface area contributed by atoms with Gasteiger partial charge in [-0.05, 0) is 42.0 Å². The molecule has 0 spiro atoms. The van der Waals surface area contributed by atoms with Crippen molar-refractivity contribution >= 4 is 16.6 Å². The molecule has 3 aromatic rings. The van der Waals surface area contributed by atoms with Crippen LogP contribution >= 0.6 is 0 Å². The Labute approximate surface area is 121 Å². The maximum Gasteiger partial charge on any atom is 0.141 e. The molecular weight excluding hydrogens is 265 g/mol. The summed E-state index contributed by atoms with van der Waals surface area (Å²) < 4.78 is 13.3. The van der Waals surface area contributed by atoms with Crippen LogP contribution in [-0.2, 0) is 6.54 Å². The molecule has 0 amide bonds. The number of fused-ring (bicyclic) bond motifs is 1. The van der Waals surface area contributed by atoms with Crippen LogP contribution in [0.2, 0.25) is 0 Å². The Bertz CT molecular complexity index is 837. The van der Waals surface area contributed by atoms with Crippen LogP contribution in [0.1, 0.15) is 11.1 Å². The van der Waals surface area contributed by atoms with Crippen LogP contribution in [0.25, 0.3) is 10.9 Å². The fourth-order valence-corrected chi connectivity index (χ4v) is 2.16. The van der Waals surface area contributed by atoms with Crippen molar-refractivity contribution in [3.8, 4) is 6.07 Å². The van der Waals surface area contributed by atoms with Crippen LogP contribution in [0.15, 0.2) is 54.7 Å². The highest BCUT2D eigenvalue weighted by Crippen LogP contribution is 2.17. The first kappa shape index (κ1) is 13.1. The largest absolute Gasteiger partial charge is 0.381 e. The third kappa shape index (κ3) is 2.82. The average molecular weight is 277 g/mol. The number of nitriles is 1. The number of benzene rings is 2. The lowest BCUT2D eigenvalue weighted by molar-refractivity contribution is 0.624. The molecule has 0 aliphatic heterocycles. The Balaban J connectivity index is 1.78. The third-order valence-electron chi connectivity index (χ3n) is 3.25. The lowest BCUT2D eigenvalue weighted by atomic mass is 10.1. The van der Waals surface area contributed by atoms with E-state index in [1.54, 1.807) is 12.3 Å². The highest BCUT2D eigenvalue weighted by Gasteiger charge is 2.03. The van der Waals surface area contributed by atoms with E-state index in [9.17, 15) is 4.39 Å². The lowest BCUT2D eigenvalue weighted by Crippen LogP contribution is -2.00. The second kappa shape index (κ2) is 5.59. The molecule has 0 fully saturated rings. The molecule has 0 aliphatic rings. The zero-order chi connectivity index (χ0) is 14.7. The molecule has 3 nitrogen and oxygen atoms in total. The molecular formula is C17H12FN3. The van der Waals surface area contributed by atoms with Gasteiger partial charge in [-0.25, -0.2) is 4.39 Å². The van der Waals surface area contributed by atoms with Crippen molar-refractivity contribution < 1.29 is 4.39 Å². The first-order chi connectivity index (χ1) is 10.3. The maximum absolute atomic E-state index is 13.3. The van der Waals surface area contributed by atoms with Crippen molar-refractivity contribution in [3.05, 3.63) is 71.7 Å². The Hall–Kier alpha value is -2.93. The van der Waals surface area contributed by atoms with Gasteiger partial charge in [0.05, 0.1) is 11.1 Å². The highest BCUT2D eigenvalue weighted by atomic mass is 19.1. The van der Waals surface area contributed by atoms with E-state index in [2.05, 4.69) is 16.4 Å². The van der Waals surface area contributed by atoms with E-state index in [0.717, 1.165) is 22.2 Å². The zero-order valence-electron chi connectivity index (χ0n) is 11.2. The molecule has 3 rings (SSSR count). The number of hydrogen-bond donors (Lipinski definition) is 1. The van der Waals surface area contributed by atoms with Crippen LogP contribution in [-0.4, -0.2) is 4.98 Å². The van der Waals surface area contributed by atoms with E-state index in [1.807, 2.05) is 30.3 Å². The van der Waals surface area contributed by atoms with Gasteiger partial charge in [-0.3, -0.25) is 4.98 Å². The Morgan fingerprint density at radius 1 is 1.14 bits per heavy atom. The molecule has 1 aromatic heterocycles. The first-order valence-corrected chi connectivity index (χ1v) is 6.53. The second-order valence-electron chi connectivity index (χ2n) is 4.69. The fraction of sp³-hybridized carbons (Fsp3) is 0.0588. The molecule has 0 unspecified atom stereocenters. The second-order valence-corrected chi connectivity index (χ2v) is 4.69. The predicted molar refractivity (Wildman–Crippen MR) is 80.2 cm³/mol. The normalized spacial score (nSPS) is 10.3. The van der Waals surface area contributed by atoms with Crippen molar-refractivity contribution in [2.24, 2.45) is 0 Å². The van der Waals surface area contributed by atoms with Gasteiger partial charge in [0.1, 0.15) is 11.9 Å². The molecule has 102 valence electrons. The third-order valence-corrected chi connectivity index (χ3v) is 3.25. The van der Waals surface area contributed by atoms with Gasteiger partial charge >= 0.3 is 0 Å². The van der Waals surface area contributed by atoms with Crippen LogP contribution in [0.4, 0.5) is 10.1 Å². The maximum atomic E-state index is 13.3. The lowest BCUT2D eigenvalue weighted by Gasteiger charge is -2.08. The highest BCUT2D eigenvalue weighted by molar-refractivity contribution is 5.79. The number of pyridine rings is 1. The molecule has 0 saturated carbocycles. The summed E-state index contributed by atoms with van der Waals surface area (Å²) >= 11 is 0. The fourth-order valence-electron chi connectivity index (χ4n) is 2.16. The van der Waals surface area contributed by atoms with E-state index in [0.29, 0.717) is 6.54 Å². The van der Waals surface area contributed by atoms with Gasteiger partial charge in [0, 0.05) is 23.8 Å². The average Bonchev–Trinajstić information content (AvgIpc) is 2.54. The van der Waals surface area contributed by atoms with E-state index >= 15 is 0 Å². The minimum atomic E-state index is -0.500. The molecule has 2 aromatic carbocycles. The van der Waals surface area contributed by atoms with Gasteiger partial charge in [0.15, 0.2) is 0 Å². The van der Waals surface area contributed by atoms with Crippen LogP contribution in [0.3, 0.4) is 0 Å². The number of hydrogen-bond acceptors (Lipinski definition) is 3. The first-order valence-electron chi connectivity index (χ1n) is 6.53. The summed E-state index contributed by atoms with van der Waals surface area (Å²) in [5.41, 5.74) is 2.81. The molecule has 0 bridgehead atoms. The van der Waals surface area contributed by atoms with Crippen LogP contribution < -0.4 is 5.32 Å². The van der Waals surface area contributed by atoms with Crippen molar-refractivity contribution in [1.29, 1.82) is 5.26 Å². The van der Waals surface area contributed by atoms with Crippen LogP contribution in [0, 0.1) is 17.1 Å². The quantitative estimate of drug-likeness (QED) is 0.791. The van der Waals surface area contributed by atoms with Crippen molar-refractivity contribution in [3.63, 3.8) is 0 Å². The summed E-state index contributed by atoms with van der Waals surface area (Å²) in [7, 11) is 0. The number of aromatic nitrogens is 1. The van der Waals surface area contributed by atoms with Gasteiger partial charge < -0.3 is 5.32 Å². The molecule has 0 saturated heterocycles. The van der Waals surface area contributed by atoms with E-state index in [4.69, 9.17) is 5.26 Å². The summed E-state index contributed by atoms with van der Waals surface area (Å²) in [5.74, 6) is -0.500. The van der Waals surface area contributed by atoms with Gasteiger partial charge in [-0.1, -0.05) is 12.1 Å². The standard InChI is InChI=1S/C17H12FN3/c18-16-5-4-15(9-14(16)10-19)21-11-12-3-6-17-13(8-12)2-1-7-20-17/h1-9,21H,11H2. The Morgan fingerprint density at radius 2 is 2.05 bits per heavy atom. The van der Waals surface area contributed by atoms with E-state index in [1.165, 1.54) is 12.1 Å². The Morgan fingerprint density at radius 3 is 2.90 bits per heavy atom. The van der Waals surface area contributed by atoms with E-state index in [-0.39, 0.29) is 5.56 Å². The summed E-state index contributed by atoms with van der Waals surface area (Å²) in [4.78, 5) is 4.27. The smallest absolute Gasteiger partial charge is 0.141 e. The number of halogens is 1. The SMILES string of the molecule is N#Cc1cc(NCc2ccc3ncccc3c2)ccc1F. The number of rotatable bonds is 3. The van der Waals surface area contributed by atoms with Gasteiger partial charge in [-0.15, -0.1) is 0 Å². The van der Waals surface area contributed by atoms with E-state index < -0.39 is 5.82 Å². The molecule has 1 N–H and O–H groups in total. The summed E-state index contributed by atoms with van der Waals surface area (Å²) in [6, 6.07) is 16.2. The number of anilines is 1. The topological polar surface area (TPSA) is 48.7 Å². The molecule has 1 heterocycles. The summed E-state index contributed by atoms with van der Waals surface area (Å²) in [5, 5.41) is 13.1. The summed E-state index contributed by atoms with van der Waals surface area (Å²) in [6.45, 7) is 0.599. The van der Waals surface area contributed by atoms with Crippen LogP contribution in [0.5, 0.6) is 0 Å². The monoisotopic (exact) mass is 277 g/mol. The molecule has 4 heteroatoms. The minimum absolute atomic E-state index is 0.0442. The van der Waals surface area contributed by atoms with Crippen molar-refractivity contribution in [2.75, 3.05) is 5.32 Å². The molecule has 21 heavy (non-hydrogen) atoms. The van der Waals surface area contributed by atoms with Crippen molar-refractivity contribution in [1.82, 2.24) is 4.98 Å². The summed E-state index contributed by atoms with van der Waals surface area (Å²) in [6.07, 6.45) is 1.77. The van der Waals surface area contributed by atoms with Gasteiger partial charge in [0.2, 0.25) is 0 Å².